The highest BCUT2D eigenvalue weighted by molar-refractivity contribution is 7.45. The minimum Gasteiger partial charge on any atom is -0.344 e. The molecule has 13 heteroatoms. The lowest BCUT2D eigenvalue weighted by Gasteiger charge is -2.09. The number of hydrogen-bond acceptors (Lipinski definition) is 4. The summed E-state index contributed by atoms with van der Waals surface area (Å²) in [6, 6.07) is 0. The van der Waals surface area contributed by atoms with Crippen LogP contribution < -0.4 is 11.9 Å². The Bertz CT molecular complexity index is 456. The minimum atomic E-state index is -4.64. The van der Waals surface area contributed by atoms with E-state index < -0.39 is 15.6 Å². The van der Waals surface area contributed by atoms with Gasteiger partial charge < -0.3 is 41.2 Å². The molecule has 0 aromatic rings. The molecule has 0 bridgehead atoms. The highest BCUT2D eigenvalue weighted by Gasteiger charge is 2.04. The van der Waals surface area contributed by atoms with Crippen LogP contribution in [0.25, 0.3) is 0 Å². The van der Waals surface area contributed by atoms with Crippen LogP contribution in [0.5, 0.6) is 0 Å². The van der Waals surface area contributed by atoms with Crippen LogP contribution in [0.1, 0.15) is 122 Å². The van der Waals surface area contributed by atoms with Crippen LogP contribution in [0.2, 0.25) is 0 Å². The van der Waals surface area contributed by atoms with Crippen molar-refractivity contribution >= 4 is 15.6 Å². The van der Waals surface area contributed by atoms with Crippen LogP contribution in [0.4, 0.5) is 4.39 Å². The molecule has 0 aromatic carbocycles. The van der Waals surface area contributed by atoms with Crippen molar-refractivity contribution in [2.24, 2.45) is 11.7 Å². The third-order valence-corrected chi connectivity index (χ3v) is 5.27. The Morgan fingerprint density at radius 3 is 1.03 bits per heavy atom. The topological polar surface area (TPSA) is 217 Å². The predicted molar refractivity (Wildman–Crippen MR) is 141 cm³/mol. The lowest BCUT2D eigenvalue weighted by molar-refractivity contribution is 0.272. The number of phosphoric acid groups is 2. The molecule has 0 heterocycles. The van der Waals surface area contributed by atoms with Crippen molar-refractivity contribution in [3.63, 3.8) is 0 Å². The fourth-order valence-electron chi connectivity index (χ4n) is 3.42. The lowest BCUT2D eigenvalue weighted by Crippen LogP contribution is -2.15. The van der Waals surface area contributed by atoms with Crippen molar-refractivity contribution in [2.45, 2.75) is 122 Å². The number of nitrogens with two attached hydrogens (primary N) is 1. The van der Waals surface area contributed by atoms with E-state index in [1.54, 1.807) is 0 Å². The summed E-state index contributed by atoms with van der Waals surface area (Å²) < 4.78 is 30.3. The van der Waals surface area contributed by atoms with Crippen molar-refractivity contribution in [3.05, 3.63) is 0 Å². The molecule has 0 aliphatic carbocycles. The van der Waals surface area contributed by atoms with Gasteiger partial charge in [-0.2, -0.15) is 0 Å². The number of rotatable bonds is 20. The Morgan fingerprint density at radius 2 is 0.829 bits per heavy atom. The van der Waals surface area contributed by atoms with Gasteiger partial charge in [0, 0.05) is 0 Å². The summed E-state index contributed by atoms with van der Waals surface area (Å²) in [6.45, 7) is 2.55. The molecule has 10 nitrogen and oxygen atoms in total. The molecular weight excluding hydrogens is 501 g/mol. The Balaban J connectivity index is -0.000000365. The largest absolute Gasteiger partial charge is 0.466 e. The van der Waals surface area contributed by atoms with Gasteiger partial charge in [0.2, 0.25) is 0 Å². The van der Waals surface area contributed by atoms with E-state index in [-0.39, 0.29) is 18.7 Å². The van der Waals surface area contributed by atoms with E-state index in [4.69, 9.17) is 44.2 Å². The predicted octanol–water partition coefficient (Wildman–Crippen LogP) is 5.88. The van der Waals surface area contributed by atoms with Gasteiger partial charge in [-0.05, 0) is 18.9 Å². The number of hydrogen-bond donors (Lipinski definition) is 8. The first-order valence-electron chi connectivity index (χ1n) is 12.7. The normalized spacial score (nSPS) is 12.0. The lowest BCUT2D eigenvalue weighted by atomic mass is 10.0. The highest BCUT2D eigenvalue weighted by atomic mass is 31.2. The molecule has 0 amide bonds. The average molecular weight is 557 g/mol. The van der Waals surface area contributed by atoms with E-state index in [0.717, 1.165) is 12.8 Å². The molecule has 0 saturated heterocycles. The smallest absolute Gasteiger partial charge is 0.344 e. The average Bonchev–Trinajstić information content (AvgIpc) is 2.71. The molecule has 35 heavy (non-hydrogen) atoms. The van der Waals surface area contributed by atoms with Gasteiger partial charge in [0.1, 0.15) is 0 Å². The van der Waals surface area contributed by atoms with Gasteiger partial charge in [0.15, 0.2) is 0 Å². The summed E-state index contributed by atoms with van der Waals surface area (Å²) >= 11 is 0. The fourth-order valence-corrected chi connectivity index (χ4v) is 3.42. The molecule has 0 spiro atoms. The van der Waals surface area contributed by atoms with Crippen LogP contribution in [-0.2, 0) is 9.13 Å². The molecular formula is C22H55FN2O8P2. The van der Waals surface area contributed by atoms with E-state index in [2.05, 4.69) is 6.92 Å². The highest BCUT2D eigenvalue weighted by Crippen LogP contribution is 2.26. The van der Waals surface area contributed by atoms with Gasteiger partial charge in [-0.25, -0.2) is 9.13 Å². The van der Waals surface area contributed by atoms with Gasteiger partial charge >= 0.3 is 15.6 Å². The van der Waals surface area contributed by atoms with Crippen molar-refractivity contribution in [3.8, 4) is 0 Å². The molecule has 0 rings (SSSR count). The quantitative estimate of drug-likeness (QED) is 0.0658. The maximum Gasteiger partial charge on any atom is 0.466 e. The Labute approximate surface area is 212 Å². The number of halogens is 1. The zero-order valence-electron chi connectivity index (χ0n) is 21.8. The molecule has 0 saturated carbocycles. The SMILES string of the molecule is CCCCCCCCCCCCCCCCCCCC(CN)CF.N.O=P(O)(O)O.O=P(O)(O)O. The summed E-state index contributed by atoms with van der Waals surface area (Å²) in [5.74, 6) is 0.112. The molecule has 0 fully saturated rings. The van der Waals surface area contributed by atoms with Gasteiger partial charge in [0.25, 0.3) is 0 Å². The maximum atomic E-state index is 12.5. The maximum absolute atomic E-state index is 12.5. The van der Waals surface area contributed by atoms with Crippen LogP contribution in [-0.4, -0.2) is 42.6 Å². The van der Waals surface area contributed by atoms with Gasteiger partial charge in [-0.1, -0.05) is 116 Å². The van der Waals surface area contributed by atoms with Crippen LogP contribution in [0, 0.1) is 5.92 Å². The first-order chi connectivity index (χ1) is 15.8. The Hall–Kier alpha value is 0.0700. The van der Waals surface area contributed by atoms with E-state index in [0.29, 0.717) is 6.54 Å². The van der Waals surface area contributed by atoms with Crippen LogP contribution in [0.15, 0.2) is 0 Å². The number of alkyl halides is 1. The second-order valence-electron chi connectivity index (χ2n) is 8.73. The van der Waals surface area contributed by atoms with Crippen molar-refractivity contribution in [2.75, 3.05) is 13.2 Å². The molecule has 1 atom stereocenters. The van der Waals surface area contributed by atoms with Crippen molar-refractivity contribution in [1.82, 2.24) is 6.15 Å². The zero-order valence-corrected chi connectivity index (χ0v) is 23.6. The molecule has 0 aliphatic rings. The molecule has 1 unspecified atom stereocenters. The number of unbranched alkanes of at least 4 members (excludes halogenated alkanes) is 16. The second kappa shape index (κ2) is 30.3. The van der Waals surface area contributed by atoms with Crippen LogP contribution in [0.3, 0.4) is 0 Å². The van der Waals surface area contributed by atoms with Crippen molar-refractivity contribution < 1.29 is 42.9 Å². The van der Waals surface area contributed by atoms with Gasteiger partial charge in [-0.15, -0.1) is 0 Å². The molecule has 0 aromatic heterocycles. The fraction of sp³-hybridized carbons (Fsp3) is 1.00. The second-order valence-corrected chi connectivity index (χ2v) is 10.8. The van der Waals surface area contributed by atoms with E-state index in [9.17, 15) is 4.39 Å². The third kappa shape index (κ3) is 65.8. The summed E-state index contributed by atoms with van der Waals surface area (Å²) in [6.07, 6.45) is 24.7. The summed E-state index contributed by atoms with van der Waals surface area (Å²) in [4.78, 5) is 43.1. The minimum absolute atomic E-state index is 0. The van der Waals surface area contributed by atoms with Gasteiger partial charge in [-0.3, -0.25) is 4.39 Å². The molecule has 0 radical (unpaired) electrons. The molecule has 218 valence electrons. The summed E-state index contributed by atoms with van der Waals surface area (Å²) in [5.41, 5.74) is 5.51. The first-order valence-corrected chi connectivity index (χ1v) is 15.8. The van der Waals surface area contributed by atoms with E-state index in [1.807, 2.05) is 0 Å². The summed E-state index contributed by atoms with van der Waals surface area (Å²) in [5, 5.41) is 0. The first kappa shape index (κ1) is 42.2. The van der Waals surface area contributed by atoms with Gasteiger partial charge in [0.05, 0.1) is 6.67 Å². The van der Waals surface area contributed by atoms with E-state index in [1.165, 1.54) is 103 Å². The Morgan fingerprint density at radius 1 is 0.600 bits per heavy atom. The van der Waals surface area contributed by atoms with E-state index >= 15 is 0 Å². The zero-order chi connectivity index (χ0) is 26.7. The monoisotopic (exact) mass is 556 g/mol. The summed E-state index contributed by atoms with van der Waals surface area (Å²) in [7, 11) is -9.28. The molecule has 0 aliphatic heterocycles. The van der Waals surface area contributed by atoms with Crippen LogP contribution >= 0.6 is 15.6 Å². The van der Waals surface area contributed by atoms with Crippen molar-refractivity contribution in [1.29, 1.82) is 0 Å². The molecule has 11 N–H and O–H groups in total. The standard InChI is InChI=1S/C22H46FN.H3N.2H3O4P/c1-2-3-4-5-6-7-8-9-10-11-12-13-14-15-16-17-18-19-22(20-23)21-24;;2*1-5(2,3)4/h22H,2-21,24H2,1H3;1H3;2*(H3,1,2,3,4). The Kier molecular flexibility index (Phi) is 36.5. The third-order valence-electron chi connectivity index (χ3n) is 5.27.